The smallest absolute Gasteiger partial charge is 0.338 e. The summed E-state index contributed by atoms with van der Waals surface area (Å²) in [4.78, 5) is 40.8. The predicted molar refractivity (Wildman–Crippen MR) is 152 cm³/mol. The standard InChI is InChI=1S/C29H28N4O5S2/c1-6-36-20-9-7-19(8-10-20)25-24(27(35)37-16(2)3)18(5)32-29-33(25)26(34)22(39-29)15-21-11-12-23(38-21)40-28-30-14-13-17(4)31-28/h7-16,25H,6H2,1-5H3/b22-15-/t25-/m0/s1. The lowest BCUT2D eigenvalue weighted by molar-refractivity contribution is -0.143. The molecule has 0 aliphatic carbocycles. The number of fused-ring (bicyclic) bond motifs is 1. The zero-order valence-electron chi connectivity index (χ0n) is 22.7. The quantitative estimate of drug-likeness (QED) is 0.224. The normalized spacial score (nSPS) is 15.2. The second-order valence-electron chi connectivity index (χ2n) is 9.28. The molecule has 1 aromatic carbocycles. The summed E-state index contributed by atoms with van der Waals surface area (Å²) in [5, 5.41) is 1.18. The van der Waals surface area contributed by atoms with E-state index in [0.29, 0.717) is 49.0 Å². The van der Waals surface area contributed by atoms with Gasteiger partial charge in [0.2, 0.25) is 0 Å². The molecule has 0 spiro atoms. The van der Waals surface area contributed by atoms with Crippen LogP contribution in [-0.4, -0.2) is 33.2 Å². The van der Waals surface area contributed by atoms with Crippen LogP contribution in [-0.2, 0) is 9.53 Å². The van der Waals surface area contributed by atoms with Gasteiger partial charge >= 0.3 is 5.97 Å². The molecule has 4 heterocycles. The van der Waals surface area contributed by atoms with Gasteiger partial charge in [0.05, 0.1) is 34.6 Å². The Morgan fingerprint density at radius 3 is 2.65 bits per heavy atom. The summed E-state index contributed by atoms with van der Waals surface area (Å²) in [5.74, 6) is 0.705. The van der Waals surface area contributed by atoms with E-state index in [4.69, 9.17) is 13.9 Å². The molecule has 3 aromatic heterocycles. The number of aromatic nitrogens is 3. The van der Waals surface area contributed by atoms with E-state index in [1.807, 2.05) is 50.2 Å². The minimum absolute atomic E-state index is 0.280. The number of furan rings is 1. The highest BCUT2D eigenvalue weighted by Crippen LogP contribution is 2.32. The van der Waals surface area contributed by atoms with Gasteiger partial charge in [0.25, 0.3) is 5.56 Å². The third-order valence-electron chi connectivity index (χ3n) is 5.93. The highest BCUT2D eigenvalue weighted by Gasteiger charge is 2.33. The monoisotopic (exact) mass is 576 g/mol. The summed E-state index contributed by atoms with van der Waals surface area (Å²) < 4.78 is 19.1. The Morgan fingerprint density at radius 1 is 1.18 bits per heavy atom. The van der Waals surface area contributed by atoms with Gasteiger partial charge in [-0.15, -0.1) is 0 Å². The number of benzene rings is 1. The van der Waals surface area contributed by atoms with Crippen LogP contribution in [0.25, 0.3) is 6.08 Å². The molecule has 1 aliphatic heterocycles. The molecule has 11 heteroatoms. The number of ether oxygens (including phenoxy) is 2. The molecule has 0 N–H and O–H groups in total. The van der Waals surface area contributed by atoms with Gasteiger partial charge in [-0.1, -0.05) is 23.5 Å². The lowest BCUT2D eigenvalue weighted by atomic mass is 9.96. The fourth-order valence-electron chi connectivity index (χ4n) is 4.25. The number of nitrogens with zero attached hydrogens (tertiary/aromatic N) is 4. The fourth-order valence-corrected chi connectivity index (χ4v) is 6.03. The van der Waals surface area contributed by atoms with E-state index < -0.39 is 12.0 Å². The summed E-state index contributed by atoms with van der Waals surface area (Å²) in [5.41, 5.74) is 2.16. The molecule has 1 atom stereocenters. The summed E-state index contributed by atoms with van der Waals surface area (Å²) in [7, 11) is 0. The van der Waals surface area contributed by atoms with Crippen molar-refractivity contribution < 1.29 is 18.7 Å². The van der Waals surface area contributed by atoms with Crippen molar-refractivity contribution in [1.82, 2.24) is 14.5 Å². The van der Waals surface area contributed by atoms with Crippen molar-refractivity contribution in [2.75, 3.05) is 6.61 Å². The molecule has 0 unspecified atom stereocenters. The third kappa shape index (κ3) is 5.80. The molecule has 4 aromatic rings. The van der Waals surface area contributed by atoms with Gasteiger partial charge in [-0.3, -0.25) is 9.36 Å². The average molecular weight is 577 g/mol. The summed E-state index contributed by atoms with van der Waals surface area (Å²) >= 11 is 2.54. The number of hydrogen-bond donors (Lipinski definition) is 0. The van der Waals surface area contributed by atoms with Gasteiger partial charge in [-0.25, -0.2) is 19.8 Å². The number of carbonyl (C=O) groups is 1. The SMILES string of the molecule is CCOc1ccc([C@H]2C(C(=O)OC(C)C)=C(C)N=c3s/c(=C\c4ccc(Sc5nccc(C)n5)o4)c(=O)n32)cc1. The van der Waals surface area contributed by atoms with E-state index in [2.05, 4.69) is 15.0 Å². The summed E-state index contributed by atoms with van der Waals surface area (Å²) in [6, 6.07) is 12.1. The maximum Gasteiger partial charge on any atom is 0.338 e. The van der Waals surface area contributed by atoms with Crippen LogP contribution in [0.3, 0.4) is 0 Å². The molecule has 0 saturated carbocycles. The molecule has 9 nitrogen and oxygen atoms in total. The van der Waals surface area contributed by atoms with Crippen molar-refractivity contribution in [3.8, 4) is 5.75 Å². The van der Waals surface area contributed by atoms with Crippen LogP contribution in [0.5, 0.6) is 5.75 Å². The van der Waals surface area contributed by atoms with Crippen molar-refractivity contribution >= 4 is 35.1 Å². The van der Waals surface area contributed by atoms with Crippen molar-refractivity contribution in [2.24, 2.45) is 4.99 Å². The molecule has 0 saturated heterocycles. The first kappa shape index (κ1) is 27.6. The van der Waals surface area contributed by atoms with Gasteiger partial charge < -0.3 is 13.9 Å². The van der Waals surface area contributed by atoms with Gasteiger partial charge in [-0.05, 0) is 82.3 Å². The van der Waals surface area contributed by atoms with Crippen LogP contribution in [0.1, 0.15) is 50.8 Å². The first-order chi connectivity index (χ1) is 19.2. The number of allylic oxidation sites excluding steroid dienone is 1. The first-order valence-electron chi connectivity index (χ1n) is 12.8. The van der Waals surface area contributed by atoms with E-state index in [9.17, 15) is 9.59 Å². The van der Waals surface area contributed by atoms with E-state index in [0.717, 1.165) is 11.3 Å². The van der Waals surface area contributed by atoms with Crippen LogP contribution >= 0.6 is 23.1 Å². The van der Waals surface area contributed by atoms with Gasteiger partial charge in [0, 0.05) is 18.0 Å². The van der Waals surface area contributed by atoms with E-state index in [1.165, 1.54) is 23.1 Å². The summed E-state index contributed by atoms with van der Waals surface area (Å²) in [6.07, 6.45) is 3.06. The van der Waals surface area contributed by atoms with E-state index in [1.54, 1.807) is 43.7 Å². The molecule has 0 amide bonds. The molecule has 0 radical (unpaired) electrons. The highest BCUT2D eigenvalue weighted by molar-refractivity contribution is 7.99. The Labute approximate surface area is 238 Å². The minimum Gasteiger partial charge on any atom is -0.494 e. The van der Waals surface area contributed by atoms with Crippen LogP contribution < -0.4 is 19.6 Å². The van der Waals surface area contributed by atoms with Crippen LogP contribution in [0.2, 0.25) is 0 Å². The number of carbonyl (C=O) groups excluding carboxylic acids is 1. The maximum atomic E-state index is 13.8. The van der Waals surface area contributed by atoms with Crippen LogP contribution in [0, 0.1) is 6.92 Å². The largest absolute Gasteiger partial charge is 0.494 e. The second-order valence-corrected chi connectivity index (χ2v) is 11.3. The number of hydrogen-bond acceptors (Lipinski definition) is 10. The topological polar surface area (TPSA) is 109 Å². The Kier molecular flexibility index (Phi) is 8.04. The van der Waals surface area contributed by atoms with Crippen LogP contribution in [0.15, 0.2) is 84.4 Å². The lowest BCUT2D eigenvalue weighted by Crippen LogP contribution is -2.40. The Morgan fingerprint density at radius 2 is 1.95 bits per heavy atom. The third-order valence-corrected chi connectivity index (χ3v) is 7.71. The molecule has 0 bridgehead atoms. The number of aryl methyl sites for hydroxylation is 1. The van der Waals surface area contributed by atoms with Gasteiger partial charge in [-0.2, -0.15) is 0 Å². The molecule has 1 aliphatic rings. The lowest BCUT2D eigenvalue weighted by Gasteiger charge is -2.25. The molecule has 40 heavy (non-hydrogen) atoms. The minimum atomic E-state index is -0.707. The van der Waals surface area contributed by atoms with E-state index in [-0.39, 0.29) is 11.7 Å². The van der Waals surface area contributed by atoms with Crippen molar-refractivity contribution in [1.29, 1.82) is 0 Å². The van der Waals surface area contributed by atoms with Crippen LogP contribution in [0.4, 0.5) is 0 Å². The molecule has 206 valence electrons. The zero-order chi connectivity index (χ0) is 28.4. The Hall–Kier alpha value is -3.96. The number of esters is 1. The highest BCUT2D eigenvalue weighted by atomic mass is 32.2. The number of rotatable bonds is 8. The van der Waals surface area contributed by atoms with Gasteiger partial charge in [0.15, 0.2) is 15.1 Å². The summed E-state index contributed by atoms with van der Waals surface area (Å²) in [6.45, 7) is 9.68. The maximum absolute atomic E-state index is 13.8. The second kappa shape index (κ2) is 11.6. The van der Waals surface area contributed by atoms with Crippen molar-refractivity contribution in [2.45, 2.75) is 57.0 Å². The molecule has 0 fully saturated rings. The first-order valence-corrected chi connectivity index (χ1v) is 14.4. The Bertz CT molecular complexity index is 1770. The molecule has 5 rings (SSSR count). The van der Waals surface area contributed by atoms with Gasteiger partial charge in [0.1, 0.15) is 11.5 Å². The van der Waals surface area contributed by atoms with E-state index >= 15 is 0 Å². The zero-order valence-corrected chi connectivity index (χ0v) is 24.3. The average Bonchev–Trinajstić information content (AvgIpc) is 3.46. The molecular weight excluding hydrogens is 548 g/mol. The van der Waals surface area contributed by atoms with Crippen molar-refractivity contribution in [3.05, 3.63) is 96.6 Å². The van der Waals surface area contributed by atoms with Crippen molar-refractivity contribution in [3.63, 3.8) is 0 Å². The fraction of sp³-hybridized carbons (Fsp3) is 0.276. The Balaban J connectivity index is 1.56. The molecular formula is C29H28N4O5S2. The number of thiazole rings is 1. The predicted octanol–water partition coefficient (Wildman–Crippen LogP) is 4.43.